The Kier molecular flexibility index (Phi) is 4.01. The van der Waals surface area contributed by atoms with Crippen molar-refractivity contribution in [1.82, 2.24) is 0 Å². The van der Waals surface area contributed by atoms with Gasteiger partial charge in [0.1, 0.15) is 0 Å². The second-order valence-electron chi connectivity index (χ2n) is 7.26. The van der Waals surface area contributed by atoms with Crippen molar-refractivity contribution >= 4 is 0 Å². The zero-order valence-corrected chi connectivity index (χ0v) is 13.4. The minimum atomic E-state index is -0.812. The van der Waals surface area contributed by atoms with Crippen molar-refractivity contribution in [3.05, 3.63) is 35.9 Å². The fraction of sp³-hybridized carbons (Fsp3) is 0.667. The van der Waals surface area contributed by atoms with Gasteiger partial charge in [0, 0.05) is 5.92 Å². The van der Waals surface area contributed by atoms with E-state index >= 15 is 0 Å². The first-order chi connectivity index (χ1) is 9.21. The SMILES string of the molecule is CCCC(O)(c1ccccc1)C1CC(C)(C)OC1(C)C. The van der Waals surface area contributed by atoms with Gasteiger partial charge in [0.15, 0.2) is 0 Å². The maximum Gasteiger partial charge on any atom is 0.0952 e. The fourth-order valence-corrected chi connectivity index (χ4v) is 3.93. The molecule has 0 aliphatic carbocycles. The second kappa shape index (κ2) is 5.16. The first-order valence-electron chi connectivity index (χ1n) is 7.69. The first-order valence-corrected chi connectivity index (χ1v) is 7.69. The van der Waals surface area contributed by atoms with Crippen LogP contribution in [0.15, 0.2) is 30.3 Å². The van der Waals surface area contributed by atoms with Crippen LogP contribution in [0.3, 0.4) is 0 Å². The molecule has 1 N–H and O–H groups in total. The molecule has 1 aromatic rings. The van der Waals surface area contributed by atoms with Crippen molar-refractivity contribution in [2.24, 2.45) is 5.92 Å². The molecule has 20 heavy (non-hydrogen) atoms. The van der Waals surface area contributed by atoms with Gasteiger partial charge in [-0.2, -0.15) is 0 Å². The maximum absolute atomic E-state index is 11.5. The molecule has 0 saturated carbocycles. The zero-order valence-electron chi connectivity index (χ0n) is 13.4. The van der Waals surface area contributed by atoms with E-state index in [1.54, 1.807) is 0 Å². The van der Waals surface area contributed by atoms with Crippen molar-refractivity contribution in [1.29, 1.82) is 0 Å². The van der Waals surface area contributed by atoms with Crippen molar-refractivity contribution < 1.29 is 9.84 Å². The molecular formula is C18H28O2. The summed E-state index contributed by atoms with van der Waals surface area (Å²) in [7, 11) is 0. The number of ether oxygens (including phenoxy) is 1. The highest BCUT2D eigenvalue weighted by molar-refractivity contribution is 5.25. The molecule has 0 bridgehead atoms. The summed E-state index contributed by atoms with van der Waals surface area (Å²) < 4.78 is 6.20. The minimum Gasteiger partial charge on any atom is -0.385 e. The van der Waals surface area contributed by atoms with Gasteiger partial charge in [0.05, 0.1) is 16.8 Å². The van der Waals surface area contributed by atoms with E-state index in [1.165, 1.54) is 0 Å². The number of rotatable bonds is 4. The van der Waals surface area contributed by atoms with Crippen LogP contribution >= 0.6 is 0 Å². The third-order valence-corrected chi connectivity index (χ3v) is 4.56. The molecule has 1 heterocycles. The van der Waals surface area contributed by atoms with Crippen LogP contribution in [-0.4, -0.2) is 16.3 Å². The Morgan fingerprint density at radius 3 is 2.25 bits per heavy atom. The van der Waals surface area contributed by atoms with E-state index in [-0.39, 0.29) is 17.1 Å². The highest BCUT2D eigenvalue weighted by Gasteiger charge is 2.55. The lowest BCUT2D eigenvalue weighted by Gasteiger charge is -2.40. The summed E-state index contributed by atoms with van der Waals surface area (Å²) in [6, 6.07) is 10.1. The van der Waals surface area contributed by atoms with E-state index in [2.05, 4.69) is 34.6 Å². The molecule has 1 fully saturated rings. The monoisotopic (exact) mass is 276 g/mol. The van der Waals surface area contributed by atoms with E-state index in [0.717, 1.165) is 24.8 Å². The summed E-state index contributed by atoms with van der Waals surface area (Å²) in [5.74, 6) is 0.104. The predicted molar refractivity (Wildman–Crippen MR) is 82.6 cm³/mol. The molecule has 1 aliphatic rings. The van der Waals surface area contributed by atoms with Gasteiger partial charge in [-0.25, -0.2) is 0 Å². The maximum atomic E-state index is 11.5. The molecule has 0 spiro atoms. The molecule has 2 atom stereocenters. The summed E-state index contributed by atoms with van der Waals surface area (Å²) >= 11 is 0. The Bertz CT molecular complexity index is 450. The number of hydrogen-bond donors (Lipinski definition) is 1. The molecule has 112 valence electrons. The zero-order chi connectivity index (χ0) is 15.0. The average Bonchev–Trinajstić information content (AvgIpc) is 2.59. The summed E-state index contributed by atoms with van der Waals surface area (Å²) in [4.78, 5) is 0. The van der Waals surface area contributed by atoms with Crippen LogP contribution < -0.4 is 0 Å². The molecule has 0 radical (unpaired) electrons. The molecule has 1 saturated heterocycles. The number of benzene rings is 1. The molecule has 0 amide bonds. The molecule has 2 heteroatoms. The van der Waals surface area contributed by atoms with Gasteiger partial charge in [-0.1, -0.05) is 43.7 Å². The molecule has 1 aromatic carbocycles. The fourth-order valence-electron chi connectivity index (χ4n) is 3.93. The van der Waals surface area contributed by atoms with Crippen LogP contribution in [0, 0.1) is 5.92 Å². The van der Waals surface area contributed by atoms with Gasteiger partial charge < -0.3 is 9.84 Å². The van der Waals surface area contributed by atoms with E-state index in [9.17, 15) is 5.11 Å². The summed E-state index contributed by atoms with van der Waals surface area (Å²) in [6.07, 6.45) is 2.61. The van der Waals surface area contributed by atoms with E-state index in [0.29, 0.717) is 0 Å². The minimum absolute atomic E-state index is 0.104. The van der Waals surface area contributed by atoms with Crippen molar-refractivity contribution in [3.8, 4) is 0 Å². The topological polar surface area (TPSA) is 29.5 Å². The predicted octanol–water partition coefficient (Wildman–Crippen LogP) is 4.27. The third-order valence-electron chi connectivity index (χ3n) is 4.56. The Balaban J connectivity index is 2.43. The molecule has 2 rings (SSSR count). The van der Waals surface area contributed by atoms with Crippen LogP contribution in [0.4, 0.5) is 0 Å². The molecule has 2 nitrogen and oxygen atoms in total. The smallest absolute Gasteiger partial charge is 0.0952 e. The Morgan fingerprint density at radius 1 is 1.20 bits per heavy atom. The molecule has 2 unspecified atom stereocenters. The lowest BCUT2D eigenvalue weighted by molar-refractivity contribution is -0.119. The molecule has 0 aromatic heterocycles. The Labute approximate surface area is 123 Å². The quantitative estimate of drug-likeness (QED) is 0.890. The first kappa shape index (κ1) is 15.5. The second-order valence-corrected chi connectivity index (χ2v) is 7.26. The summed E-state index contributed by atoms with van der Waals surface area (Å²) in [6.45, 7) is 10.6. The van der Waals surface area contributed by atoms with E-state index in [4.69, 9.17) is 4.74 Å². The van der Waals surface area contributed by atoms with Crippen LogP contribution in [0.25, 0.3) is 0 Å². The molecular weight excluding hydrogens is 248 g/mol. The summed E-state index contributed by atoms with van der Waals surface area (Å²) in [5, 5.41) is 11.5. The third kappa shape index (κ3) is 2.77. The van der Waals surface area contributed by atoms with Crippen LogP contribution in [-0.2, 0) is 10.3 Å². The Morgan fingerprint density at radius 2 is 1.80 bits per heavy atom. The van der Waals surface area contributed by atoms with Gasteiger partial charge in [-0.3, -0.25) is 0 Å². The van der Waals surface area contributed by atoms with Gasteiger partial charge >= 0.3 is 0 Å². The lowest BCUT2D eigenvalue weighted by atomic mass is 9.69. The van der Waals surface area contributed by atoms with Crippen molar-refractivity contribution in [2.75, 3.05) is 0 Å². The standard InChI is InChI=1S/C18H28O2/c1-6-12-18(19,14-10-8-7-9-11-14)15-13-16(2,3)20-17(15,4)5/h7-11,15,19H,6,12-13H2,1-5H3. The van der Waals surface area contributed by atoms with Crippen molar-refractivity contribution in [3.63, 3.8) is 0 Å². The van der Waals surface area contributed by atoms with Gasteiger partial charge in [0.2, 0.25) is 0 Å². The van der Waals surface area contributed by atoms with E-state index in [1.807, 2.05) is 30.3 Å². The van der Waals surface area contributed by atoms with Crippen LogP contribution in [0.5, 0.6) is 0 Å². The normalized spacial score (nSPS) is 27.2. The van der Waals surface area contributed by atoms with Crippen LogP contribution in [0.2, 0.25) is 0 Å². The van der Waals surface area contributed by atoms with E-state index < -0.39 is 5.60 Å². The highest BCUT2D eigenvalue weighted by Crippen LogP contribution is 2.51. The number of hydrogen-bond acceptors (Lipinski definition) is 2. The lowest BCUT2D eigenvalue weighted by Crippen LogP contribution is -2.44. The average molecular weight is 276 g/mol. The van der Waals surface area contributed by atoms with Crippen LogP contribution in [0.1, 0.15) is 59.4 Å². The van der Waals surface area contributed by atoms with Gasteiger partial charge in [-0.15, -0.1) is 0 Å². The summed E-state index contributed by atoms with van der Waals surface area (Å²) in [5.41, 5.74) is -0.289. The van der Waals surface area contributed by atoms with Gasteiger partial charge in [-0.05, 0) is 46.1 Å². The van der Waals surface area contributed by atoms with Gasteiger partial charge in [0.25, 0.3) is 0 Å². The molecule has 1 aliphatic heterocycles. The number of aliphatic hydroxyl groups is 1. The highest BCUT2D eigenvalue weighted by atomic mass is 16.5. The van der Waals surface area contributed by atoms with Crippen molar-refractivity contribution in [2.45, 2.75) is 70.7 Å². The Hall–Kier alpha value is -0.860. The largest absolute Gasteiger partial charge is 0.385 e.